The van der Waals surface area contributed by atoms with Crippen LogP contribution in [0.2, 0.25) is 5.02 Å². The number of anilines is 1. The van der Waals surface area contributed by atoms with Crippen LogP contribution in [0.1, 0.15) is 6.92 Å². The molecule has 0 aliphatic carbocycles. The van der Waals surface area contributed by atoms with E-state index in [0.717, 1.165) is 11.0 Å². The Morgan fingerprint density at radius 3 is 2.80 bits per heavy atom. The van der Waals surface area contributed by atoms with Crippen LogP contribution in [0.25, 0.3) is 0 Å². The van der Waals surface area contributed by atoms with E-state index in [-0.39, 0.29) is 23.0 Å². The Morgan fingerprint density at radius 1 is 1.44 bits per heavy atom. The molecule has 11 heteroatoms. The number of hydrazone groups is 1. The van der Waals surface area contributed by atoms with Gasteiger partial charge in [0.05, 0.1) is 17.2 Å². The number of nitrogens with zero attached hydrogens (tertiary/aromatic N) is 3. The molecular formula is C14H11ClN4O6. The maximum absolute atomic E-state index is 12.7. The molecule has 2 aliphatic heterocycles. The molecule has 2 heterocycles. The summed E-state index contributed by atoms with van der Waals surface area (Å²) < 4.78 is 4.83. The molecule has 0 bridgehead atoms. The van der Waals surface area contributed by atoms with Crippen molar-refractivity contribution in [2.24, 2.45) is 11.0 Å². The highest BCUT2D eigenvalue weighted by atomic mass is 35.5. The van der Waals surface area contributed by atoms with E-state index in [9.17, 15) is 24.5 Å². The molecule has 10 nitrogen and oxygen atoms in total. The van der Waals surface area contributed by atoms with Crippen LogP contribution in [0.5, 0.6) is 0 Å². The standard InChI is InChI=1S/C14H11ClN4O6/c1-2-25-14(22)11-9-10(16-17-11)13(21)18(12(9)20)6-3-4-7(15)8(5-6)19(23)24/h3-5,9-10,16H,2H2,1H3. The monoisotopic (exact) mass is 366 g/mol. The summed E-state index contributed by atoms with van der Waals surface area (Å²) in [6.07, 6.45) is 0. The van der Waals surface area contributed by atoms with Crippen LogP contribution < -0.4 is 10.3 Å². The van der Waals surface area contributed by atoms with Gasteiger partial charge in [0, 0.05) is 6.07 Å². The third-order valence-electron chi connectivity index (χ3n) is 3.79. The zero-order chi connectivity index (χ0) is 18.3. The first-order valence-electron chi connectivity index (χ1n) is 7.18. The second-order valence-electron chi connectivity index (χ2n) is 5.21. The lowest BCUT2D eigenvalue weighted by Crippen LogP contribution is -2.36. The second-order valence-corrected chi connectivity index (χ2v) is 5.61. The lowest BCUT2D eigenvalue weighted by molar-refractivity contribution is -0.384. The van der Waals surface area contributed by atoms with Crippen molar-refractivity contribution in [3.05, 3.63) is 33.3 Å². The smallest absolute Gasteiger partial charge is 0.355 e. The third kappa shape index (κ3) is 2.60. The van der Waals surface area contributed by atoms with Gasteiger partial charge < -0.3 is 4.74 Å². The van der Waals surface area contributed by atoms with Crippen LogP contribution >= 0.6 is 11.6 Å². The Labute approximate surface area is 145 Å². The van der Waals surface area contributed by atoms with Gasteiger partial charge in [-0.2, -0.15) is 5.10 Å². The van der Waals surface area contributed by atoms with E-state index in [0.29, 0.717) is 0 Å². The normalized spacial score (nSPS) is 21.7. The molecule has 2 unspecified atom stereocenters. The molecule has 1 aromatic carbocycles. The number of rotatable bonds is 4. The Kier molecular flexibility index (Phi) is 4.13. The van der Waals surface area contributed by atoms with Gasteiger partial charge in [-0.25, -0.2) is 9.69 Å². The van der Waals surface area contributed by atoms with Crippen molar-refractivity contribution in [1.29, 1.82) is 0 Å². The molecule has 0 radical (unpaired) electrons. The summed E-state index contributed by atoms with van der Waals surface area (Å²) in [5.74, 6) is -3.33. The van der Waals surface area contributed by atoms with Crippen molar-refractivity contribution in [1.82, 2.24) is 5.43 Å². The van der Waals surface area contributed by atoms with E-state index in [1.54, 1.807) is 6.92 Å². The first kappa shape index (κ1) is 16.8. The average molecular weight is 367 g/mol. The molecule has 0 saturated carbocycles. The van der Waals surface area contributed by atoms with Crippen molar-refractivity contribution < 1.29 is 24.0 Å². The molecule has 1 saturated heterocycles. The van der Waals surface area contributed by atoms with Crippen molar-refractivity contribution in [2.75, 3.05) is 11.5 Å². The zero-order valence-corrected chi connectivity index (χ0v) is 13.5. The van der Waals surface area contributed by atoms with E-state index < -0.39 is 40.4 Å². The number of halogens is 1. The highest BCUT2D eigenvalue weighted by Gasteiger charge is 2.55. The van der Waals surface area contributed by atoms with Crippen LogP contribution in [0.4, 0.5) is 11.4 Å². The number of imide groups is 1. The average Bonchev–Trinajstić information content (AvgIpc) is 3.10. The number of nitrogens with one attached hydrogen (secondary N) is 1. The summed E-state index contributed by atoms with van der Waals surface area (Å²) >= 11 is 5.74. The van der Waals surface area contributed by atoms with Crippen LogP contribution in [-0.2, 0) is 19.1 Å². The van der Waals surface area contributed by atoms with Crippen molar-refractivity contribution >= 4 is 46.5 Å². The van der Waals surface area contributed by atoms with Gasteiger partial charge in [-0.1, -0.05) is 11.6 Å². The Hall–Kier alpha value is -3.01. The van der Waals surface area contributed by atoms with Crippen LogP contribution in [0, 0.1) is 16.0 Å². The number of amides is 2. The highest BCUT2D eigenvalue weighted by Crippen LogP contribution is 2.35. The summed E-state index contributed by atoms with van der Waals surface area (Å²) in [7, 11) is 0. The first-order valence-corrected chi connectivity index (χ1v) is 7.56. The van der Waals surface area contributed by atoms with E-state index >= 15 is 0 Å². The van der Waals surface area contributed by atoms with Crippen LogP contribution in [0.15, 0.2) is 23.3 Å². The molecule has 0 spiro atoms. The van der Waals surface area contributed by atoms with Crippen molar-refractivity contribution in [3.8, 4) is 0 Å². The molecule has 3 rings (SSSR count). The molecule has 0 aromatic heterocycles. The maximum atomic E-state index is 12.7. The van der Waals surface area contributed by atoms with Gasteiger partial charge in [0.25, 0.3) is 11.6 Å². The summed E-state index contributed by atoms with van der Waals surface area (Å²) in [6, 6.07) is 2.51. The topological polar surface area (TPSA) is 131 Å². The Balaban J connectivity index is 1.96. The molecule has 1 N–H and O–H groups in total. The number of carbonyl (C=O) groups is 3. The molecule has 130 valence electrons. The SMILES string of the molecule is CCOC(=O)C1=NNC2C(=O)N(c3ccc(Cl)c([N+](=O)[O-])c3)C(=O)C12. The molecule has 1 aromatic rings. The van der Waals surface area contributed by atoms with E-state index in [2.05, 4.69) is 10.5 Å². The number of hydrogen-bond acceptors (Lipinski definition) is 8. The van der Waals surface area contributed by atoms with E-state index in [1.807, 2.05) is 0 Å². The third-order valence-corrected chi connectivity index (χ3v) is 4.11. The van der Waals surface area contributed by atoms with Gasteiger partial charge in [-0.15, -0.1) is 0 Å². The fourth-order valence-electron chi connectivity index (χ4n) is 2.70. The Bertz CT molecular complexity index is 839. The molecular weight excluding hydrogens is 356 g/mol. The summed E-state index contributed by atoms with van der Waals surface area (Å²) in [5.41, 5.74) is 1.80. The minimum absolute atomic E-state index is 0.00879. The van der Waals surface area contributed by atoms with Crippen LogP contribution in [-0.4, -0.2) is 41.1 Å². The number of fused-ring (bicyclic) bond motifs is 1. The number of nitro benzene ring substituents is 1. The molecule has 2 atom stereocenters. The van der Waals surface area contributed by atoms with Gasteiger partial charge in [-0.3, -0.25) is 25.1 Å². The summed E-state index contributed by atoms with van der Waals surface area (Å²) in [5, 5.41) is 14.6. The first-order chi connectivity index (χ1) is 11.9. The fraction of sp³-hybridized carbons (Fsp3) is 0.286. The van der Waals surface area contributed by atoms with Gasteiger partial charge >= 0.3 is 5.97 Å². The zero-order valence-electron chi connectivity index (χ0n) is 12.8. The quantitative estimate of drug-likeness (QED) is 0.357. The highest BCUT2D eigenvalue weighted by molar-refractivity contribution is 6.46. The molecule has 2 aliphatic rings. The number of hydrogen-bond donors (Lipinski definition) is 1. The minimum Gasteiger partial charge on any atom is -0.461 e. The number of benzene rings is 1. The number of ether oxygens (including phenoxy) is 1. The predicted octanol–water partition coefficient (Wildman–Crippen LogP) is 0.628. The number of esters is 1. The Morgan fingerprint density at radius 2 is 2.16 bits per heavy atom. The number of carbonyl (C=O) groups excluding carboxylic acids is 3. The van der Waals surface area contributed by atoms with Gasteiger partial charge in [0.1, 0.15) is 17.0 Å². The maximum Gasteiger partial charge on any atom is 0.355 e. The predicted molar refractivity (Wildman–Crippen MR) is 85.1 cm³/mol. The largest absolute Gasteiger partial charge is 0.461 e. The summed E-state index contributed by atoms with van der Waals surface area (Å²) in [4.78, 5) is 48.1. The number of nitro groups is 1. The van der Waals surface area contributed by atoms with Crippen molar-refractivity contribution in [3.63, 3.8) is 0 Å². The van der Waals surface area contributed by atoms with Crippen LogP contribution in [0.3, 0.4) is 0 Å². The van der Waals surface area contributed by atoms with E-state index in [1.165, 1.54) is 12.1 Å². The van der Waals surface area contributed by atoms with Gasteiger partial charge in [0.15, 0.2) is 5.71 Å². The molecule has 1 fully saturated rings. The minimum atomic E-state index is -1.14. The fourth-order valence-corrected chi connectivity index (χ4v) is 2.88. The van der Waals surface area contributed by atoms with Gasteiger partial charge in [0.2, 0.25) is 5.91 Å². The van der Waals surface area contributed by atoms with Gasteiger partial charge in [-0.05, 0) is 19.1 Å². The van der Waals surface area contributed by atoms with Crippen molar-refractivity contribution in [2.45, 2.75) is 13.0 Å². The van der Waals surface area contributed by atoms with E-state index in [4.69, 9.17) is 16.3 Å². The summed E-state index contributed by atoms with van der Waals surface area (Å²) in [6.45, 7) is 1.68. The molecule has 25 heavy (non-hydrogen) atoms. The molecule has 2 amide bonds. The lowest BCUT2D eigenvalue weighted by atomic mass is 9.99. The second kappa shape index (κ2) is 6.13. The lowest BCUT2D eigenvalue weighted by Gasteiger charge is -2.15.